The van der Waals surface area contributed by atoms with Crippen LogP contribution < -0.4 is 5.32 Å². The predicted molar refractivity (Wildman–Crippen MR) is 82.6 cm³/mol. The number of rotatable bonds is 8. The molecule has 0 aromatic carbocycles. The van der Waals surface area contributed by atoms with Crippen molar-refractivity contribution >= 4 is 5.91 Å². The third-order valence-corrected chi connectivity index (χ3v) is 4.30. The minimum absolute atomic E-state index is 0.0780. The maximum atomic E-state index is 12.0. The minimum Gasteiger partial charge on any atom is -0.391 e. The van der Waals surface area contributed by atoms with Gasteiger partial charge >= 0.3 is 0 Å². The summed E-state index contributed by atoms with van der Waals surface area (Å²) in [6.45, 7) is 4.65. The largest absolute Gasteiger partial charge is 0.391 e. The second kappa shape index (κ2) is 9.35. The first kappa shape index (κ1) is 17.4. The van der Waals surface area contributed by atoms with E-state index in [1.807, 2.05) is 11.9 Å². The van der Waals surface area contributed by atoms with Crippen molar-refractivity contribution in [3.05, 3.63) is 0 Å². The molecule has 2 N–H and O–H groups in total. The summed E-state index contributed by atoms with van der Waals surface area (Å²) < 4.78 is 0. The Bertz CT molecular complexity index is 284. The molecule has 118 valence electrons. The number of hydrogen-bond acceptors (Lipinski definition) is 3. The van der Waals surface area contributed by atoms with Gasteiger partial charge in [-0.2, -0.15) is 0 Å². The van der Waals surface area contributed by atoms with Gasteiger partial charge in [0.15, 0.2) is 0 Å². The lowest BCUT2D eigenvalue weighted by molar-refractivity contribution is -0.123. The molecular weight excluding hydrogens is 252 g/mol. The Morgan fingerprint density at radius 3 is 2.70 bits per heavy atom. The Hall–Kier alpha value is -0.610. The van der Waals surface area contributed by atoms with Crippen molar-refractivity contribution in [1.82, 2.24) is 10.2 Å². The molecule has 3 unspecified atom stereocenters. The van der Waals surface area contributed by atoms with Crippen molar-refractivity contribution in [1.29, 1.82) is 0 Å². The van der Waals surface area contributed by atoms with Gasteiger partial charge in [0, 0.05) is 12.1 Å². The van der Waals surface area contributed by atoms with Crippen molar-refractivity contribution in [2.45, 2.75) is 83.4 Å². The molecule has 1 aliphatic rings. The van der Waals surface area contributed by atoms with Crippen molar-refractivity contribution in [3.8, 4) is 0 Å². The van der Waals surface area contributed by atoms with Gasteiger partial charge in [-0.15, -0.1) is 0 Å². The molecule has 0 saturated heterocycles. The third kappa shape index (κ3) is 6.23. The number of hydrogen-bond donors (Lipinski definition) is 2. The highest BCUT2D eigenvalue weighted by molar-refractivity contribution is 5.78. The number of nitrogens with zero attached hydrogens (tertiary/aromatic N) is 1. The Labute approximate surface area is 123 Å². The summed E-state index contributed by atoms with van der Waals surface area (Å²) in [6, 6.07) is 0.392. The molecule has 0 radical (unpaired) electrons. The van der Waals surface area contributed by atoms with E-state index < -0.39 is 0 Å². The quantitative estimate of drug-likeness (QED) is 0.673. The summed E-state index contributed by atoms with van der Waals surface area (Å²) in [7, 11) is 1.94. The number of aliphatic hydroxyl groups is 1. The lowest BCUT2D eigenvalue weighted by atomic mass is 9.91. The molecule has 0 aromatic rings. The van der Waals surface area contributed by atoms with Gasteiger partial charge in [0.05, 0.1) is 12.6 Å². The van der Waals surface area contributed by atoms with Gasteiger partial charge in [-0.05, 0) is 33.2 Å². The fraction of sp³-hybridized carbons (Fsp3) is 0.938. The molecule has 0 aliphatic heterocycles. The summed E-state index contributed by atoms with van der Waals surface area (Å²) >= 11 is 0. The van der Waals surface area contributed by atoms with Crippen LogP contribution in [-0.4, -0.2) is 47.7 Å². The SMILES string of the molecule is CCCCCC(C)NC(=O)CN(C)C1CCCCC1O. The molecule has 3 atom stereocenters. The zero-order valence-electron chi connectivity index (χ0n) is 13.4. The predicted octanol–water partition coefficient (Wildman–Crippen LogP) is 2.31. The summed E-state index contributed by atoms with van der Waals surface area (Å²) in [5, 5.41) is 13.1. The molecule has 0 heterocycles. The van der Waals surface area contributed by atoms with Crippen LogP contribution in [0.5, 0.6) is 0 Å². The van der Waals surface area contributed by atoms with Crippen molar-refractivity contribution in [2.75, 3.05) is 13.6 Å². The number of nitrogens with one attached hydrogen (secondary N) is 1. The van der Waals surface area contributed by atoms with Crippen molar-refractivity contribution in [2.24, 2.45) is 0 Å². The van der Waals surface area contributed by atoms with Crippen LogP contribution >= 0.6 is 0 Å². The van der Waals surface area contributed by atoms with E-state index in [0.29, 0.717) is 6.54 Å². The molecule has 0 aromatic heterocycles. The van der Waals surface area contributed by atoms with E-state index in [9.17, 15) is 9.90 Å². The van der Waals surface area contributed by atoms with Crippen LogP contribution in [-0.2, 0) is 4.79 Å². The molecule has 4 heteroatoms. The van der Waals surface area contributed by atoms with Crippen LogP contribution in [0.15, 0.2) is 0 Å². The summed E-state index contributed by atoms with van der Waals surface area (Å²) in [5.41, 5.74) is 0. The Balaban J connectivity index is 2.26. The zero-order chi connectivity index (χ0) is 15.0. The molecular formula is C16H32N2O2. The van der Waals surface area contributed by atoms with Gasteiger partial charge in [0.1, 0.15) is 0 Å². The maximum absolute atomic E-state index is 12.0. The van der Waals surface area contributed by atoms with E-state index in [-0.39, 0.29) is 24.1 Å². The molecule has 4 nitrogen and oxygen atoms in total. The maximum Gasteiger partial charge on any atom is 0.234 e. The monoisotopic (exact) mass is 284 g/mol. The number of carbonyl (C=O) groups excluding carboxylic acids is 1. The number of likely N-dealkylation sites (N-methyl/N-ethyl adjacent to an activating group) is 1. The van der Waals surface area contributed by atoms with E-state index in [0.717, 1.165) is 32.1 Å². The van der Waals surface area contributed by atoms with Crippen LogP contribution in [0.25, 0.3) is 0 Å². The Morgan fingerprint density at radius 2 is 2.05 bits per heavy atom. The van der Waals surface area contributed by atoms with Gasteiger partial charge in [-0.25, -0.2) is 0 Å². The Kier molecular flexibility index (Phi) is 8.15. The highest BCUT2D eigenvalue weighted by Crippen LogP contribution is 2.22. The number of aliphatic hydroxyl groups excluding tert-OH is 1. The molecule has 1 rings (SSSR count). The van der Waals surface area contributed by atoms with Crippen molar-refractivity contribution < 1.29 is 9.90 Å². The lowest BCUT2D eigenvalue weighted by Gasteiger charge is -2.34. The molecule has 1 fully saturated rings. The molecule has 0 bridgehead atoms. The van der Waals surface area contributed by atoms with Crippen LogP contribution in [0.4, 0.5) is 0 Å². The first-order valence-electron chi connectivity index (χ1n) is 8.22. The fourth-order valence-electron chi connectivity index (χ4n) is 3.04. The zero-order valence-corrected chi connectivity index (χ0v) is 13.4. The molecule has 20 heavy (non-hydrogen) atoms. The van der Waals surface area contributed by atoms with Crippen LogP contribution in [0.2, 0.25) is 0 Å². The number of unbranched alkanes of at least 4 members (excludes halogenated alkanes) is 2. The first-order valence-corrected chi connectivity index (χ1v) is 8.22. The highest BCUT2D eigenvalue weighted by Gasteiger charge is 2.27. The van der Waals surface area contributed by atoms with Crippen molar-refractivity contribution in [3.63, 3.8) is 0 Å². The number of amides is 1. The van der Waals surface area contributed by atoms with E-state index in [1.165, 1.54) is 19.3 Å². The first-order chi connectivity index (χ1) is 9.54. The second-order valence-corrected chi connectivity index (χ2v) is 6.30. The molecule has 1 saturated carbocycles. The average molecular weight is 284 g/mol. The van der Waals surface area contributed by atoms with Crippen LogP contribution in [0.3, 0.4) is 0 Å². The summed E-state index contributed by atoms with van der Waals surface area (Å²) in [6.07, 6.45) is 8.51. The van der Waals surface area contributed by atoms with Crippen LogP contribution in [0.1, 0.15) is 65.2 Å². The Morgan fingerprint density at radius 1 is 1.35 bits per heavy atom. The summed E-state index contributed by atoms with van der Waals surface area (Å²) in [4.78, 5) is 14.0. The standard InChI is InChI=1S/C16H32N2O2/c1-4-5-6-9-13(2)17-16(20)12-18(3)14-10-7-8-11-15(14)19/h13-15,19H,4-12H2,1-3H3,(H,17,20). The smallest absolute Gasteiger partial charge is 0.234 e. The highest BCUT2D eigenvalue weighted by atomic mass is 16.3. The third-order valence-electron chi connectivity index (χ3n) is 4.30. The normalized spacial score (nSPS) is 24.6. The van der Waals surface area contributed by atoms with E-state index in [4.69, 9.17) is 0 Å². The average Bonchev–Trinajstić information content (AvgIpc) is 2.39. The molecule has 1 amide bonds. The van der Waals surface area contributed by atoms with E-state index in [2.05, 4.69) is 19.2 Å². The fourth-order valence-corrected chi connectivity index (χ4v) is 3.04. The van der Waals surface area contributed by atoms with Gasteiger partial charge in [-0.3, -0.25) is 9.69 Å². The van der Waals surface area contributed by atoms with Gasteiger partial charge in [0.2, 0.25) is 5.91 Å². The van der Waals surface area contributed by atoms with Gasteiger partial charge < -0.3 is 10.4 Å². The second-order valence-electron chi connectivity index (χ2n) is 6.30. The van der Waals surface area contributed by atoms with Gasteiger partial charge in [-0.1, -0.05) is 39.0 Å². The topological polar surface area (TPSA) is 52.6 Å². The summed E-state index contributed by atoms with van der Waals surface area (Å²) in [5.74, 6) is 0.0780. The lowest BCUT2D eigenvalue weighted by Crippen LogP contribution is -2.48. The molecule has 1 aliphatic carbocycles. The van der Waals surface area contributed by atoms with E-state index >= 15 is 0 Å². The van der Waals surface area contributed by atoms with E-state index in [1.54, 1.807) is 0 Å². The van der Waals surface area contributed by atoms with Gasteiger partial charge in [0.25, 0.3) is 0 Å². The van der Waals surface area contributed by atoms with Crippen LogP contribution in [0, 0.1) is 0 Å². The minimum atomic E-state index is -0.275. The number of carbonyl (C=O) groups is 1. The molecule has 0 spiro atoms.